The summed E-state index contributed by atoms with van der Waals surface area (Å²) in [6.45, 7) is 8.97. The van der Waals surface area contributed by atoms with Crippen molar-refractivity contribution in [1.29, 1.82) is 5.41 Å². The van der Waals surface area contributed by atoms with Crippen molar-refractivity contribution in [3.8, 4) is 11.5 Å². The van der Waals surface area contributed by atoms with Gasteiger partial charge >= 0.3 is 0 Å². The maximum atomic E-state index is 12.2. The topological polar surface area (TPSA) is 129 Å². The minimum Gasteiger partial charge on any atom is -0.496 e. The number of aryl methyl sites for hydroxylation is 1. The molecule has 11 heteroatoms. The summed E-state index contributed by atoms with van der Waals surface area (Å²) in [5.41, 5.74) is 10.9. The number of nitrogens with one attached hydrogen (secondary N) is 2. The predicted octanol–water partition coefficient (Wildman–Crippen LogP) is 3.65. The molecule has 212 valence electrons. The van der Waals surface area contributed by atoms with Gasteiger partial charge in [0.2, 0.25) is 5.91 Å². The second kappa shape index (κ2) is 12.5. The Balaban J connectivity index is 1.55. The van der Waals surface area contributed by atoms with E-state index in [1.165, 1.54) is 6.08 Å². The highest BCUT2D eigenvalue weighted by Crippen LogP contribution is 2.31. The van der Waals surface area contributed by atoms with Gasteiger partial charge in [-0.1, -0.05) is 18.2 Å². The summed E-state index contributed by atoms with van der Waals surface area (Å²) in [6.07, 6.45) is 6.05. The lowest BCUT2D eigenvalue weighted by atomic mass is 9.99. The fraction of sp³-hybridized carbons (Fsp3) is 0.379. The Morgan fingerprint density at radius 3 is 2.85 bits per heavy atom. The first-order valence-electron chi connectivity index (χ1n) is 13.1. The first-order valence-corrected chi connectivity index (χ1v) is 13.5. The van der Waals surface area contributed by atoms with Gasteiger partial charge in [0.15, 0.2) is 5.84 Å². The molecule has 2 atom stereocenters. The smallest absolute Gasteiger partial charge is 0.246 e. The molecule has 10 nitrogen and oxygen atoms in total. The second-order valence-electron chi connectivity index (χ2n) is 9.96. The van der Waals surface area contributed by atoms with E-state index in [-0.39, 0.29) is 24.4 Å². The zero-order valence-electron chi connectivity index (χ0n) is 23.3. The number of hydrogen-bond acceptors (Lipinski definition) is 8. The standard InChI is InChI=1S/C29H36ClN7O3/c1-6-24(38)37-11-7-8-20(14-37)35-29-25(28(32)34-16-36(29)4)26(31)19-9-10-23(21(30)12-19)40-15-22-18(3)27(39-5)17(2)13-33-22/h6,9-10,12-13,16,20,29,32,35H,1,7-8,11,14-15,31H2,2-5H3/t20-,29?/m1/s1. The van der Waals surface area contributed by atoms with Gasteiger partial charge in [-0.05, 0) is 56.5 Å². The Morgan fingerprint density at radius 2 is 2.15 bits per heavy atom. The molecular formula is C29H36ClN7O3. The fourth-order valence-electron chi connectivity index (χ4n) is 5.06. The Bertz CT molecular complexity index is 1370. The normalized spacial score (nSPS) is 20.4. The van der Waals surface area contributed by atoms with Crippen LogP contribution in [-0.4, -0.2) is 72.3 Å². The van der Waals surface area contributed by atoms with E-state index in [1.807, 2.05) is 31.9 Å². The molecule has 40 heavy (non-hydrogen) atoms. The molecule has 0 saturated carbocycles. The Labute approximate surface area is 240 Å². The summed E-state index contributed by atoms with van der Waals surface area (Å²) in [4.78, 5) is 24.5. The van der Waals surface area contributed by atoms with Gasteiger partial charge in [-0.15, -0.1) is 0 Å². The number of amidine groups is 1. The lowest BCUT2D eigenvalue weighted by Gasteiger charge is -2.39. The molecule has 2 aliphatic rings. The largest absolute Gasteiger partial charge is 0.496 e. The lowest BCUT2D eigenvalue weighted by Crippen LogP contribution is -2.57. The Hall–Kier alpha value is -3.89. The van der Waals surface area contributed by atoms with Crippen LogP contribution in [0.25, 0.3) is 5.70 Å². The monoisotopic (exact) mass is 565 g/mol. The Morgan fingerprint density at radius 1 is 1.38 bits per heavy atom. The summed E-state index contributed by atoms with van der Waals surface area (Å²) >= 11 is 6.62. The first kappa shape index (κ1) is 29.1. The summed E-state index contributed by atoms with van der Waals surface area (Å²) in [7, 11) is 3.51. The molecule has 1 aromatic carbocycles. The maximum absolute atomic E-state index is 12.2. The highest BCUT2D eigenvalue weighted by Gasteiger charge is 2.32. The van der Waals surface area contributed by atoms with E-state index >= 15 is 0 Å². The van der Waals surface area contributed by atoms with E-state index < -0.39 is 6.17 Å². The molecule has 1 amide bonds. The average Bonchev–Trinajstić information content (AvgIpc) is 2.95. The third-order valence-electron chi connectivity index (χ3n) is 7.25. The molecule has 4 rings (SSSR count). The van der Waals surface area contributed by atoms with Crippen molar-refractivity contribution in [2.45, 2.75) is 45.5 Å². The molecule has 1 unspecified atom stereocenters. The molecule has 2 aliphatic heterocycles. The van der Waals surface area contributed by atoms with Gasteiger partial charge in [0, 0.05) is 49.2 Å². The maximum Gasteiger partial charge on any atom is 0.246 e. The van der Waals surface area contributed by atoms with Crippen molar-refractivity contribution in [1.82, 2.24) is 20.1 Å². The first-order chi connectivity index (χ1) is 19.1. The molecule has 1 saturated heterocycles. The van der Waals surface area contributed by atoms with Crippen LogP contribution in [0.2, 0.25) is 5.02 Å². The van der Waals surface area contributed by atoms with Crippen LogP contribution < -0.4 is 20.5 Å². The second-order valence-corrected chi connectivity index (χ2v) is 10.4. The highest BCUT2D eigenvalue weighted by atomic mass is 35.5. The van der Waals surface area contributed by atoms with Crippen molar-refractivity contribution in [3.05, 3.63) is 70.0 Å². The van der Waals surface area contributed by atoms with Crippen LogP contribution in [0.3, 0.4) is 0 Å². The van der Waals surface area contributed by atoms with Crippen LogP contribution in [0.5, 0.6) is 11.5 Å². The average molecular weight is 566 g/mol. The van der Waals surface area contributed by atoms with Gasteiger partial charge in [-0.3, -0.25) is 20.5 Å². The molecule has 0 spiro atoms. The van der Waals surface area contributed by atoms with Crippen LogP contribution in [0.1, 0.15) is 35.2 Å². The molecule has 1 fully saturated rings. The molecule has 3 heterocycles. The minimum atomic E-state index is -0.408. The molecule has 2 aromatic rings. The predicted molar refractivity (Wildman–Crippen MR) is 158 cm³/mol. The number of amides is 1. The molecule has 0 aliphatic carbocycles. The van der Waals surface area contributed by atoms with Crippen LogP contribution in [-0.2, 0) is 11.4 Å². The number of rotatable bonds is 8. The number of methoxy groups -OCH3 is 1. The number of likely N-dealkylation sites (N-methyl/N-ethyl adjacent to an activating group) is 1. The van der Waals surface area contributed by atoms with Gasteiger partial charge in [0.25, 0.3) is 0 Å². The summed E-state index contributed by atoms with van der Waals surface area (Å²) < 4.78 is 11.5. The number of carbonyl (C=O) groups is 1. The van der Waals surface area contributed by atoms with Crippen molar-refractivity contribution in [2.75, 3.05) is 27.2 Å². The van der Waals surface area contributed by atoms with E-state index in [4.69, 9.17) is 32.2 Å². The zero-order valence-corrected chi connectivity index (χ0v) is 24.1. The van der Waals surface area contributed by atoms with Crippen molar-refractivity contribution in [2.24, 2.45) is 10.7 Å². The van der Waals surface area contributed by atoms with Crippen LogP contribution in [0.15, 0.2) is 47.6 Å². The van der Waals surface area contributed by atoms with Crippen molar-refractivity contribution in [3.63, 3.8) is 0 Å². The third kappa shape index (κ3) is 6.13. The third-order valence-corrected chi connectivity index (χ3v) is 7.55. The molecule has 0 bridgehead atoms. The number of nitrogens with zero attached hydrogens (tertiary/aromatic N) is 4. The number of ether oxygens (including phenoxy) is 2. The Kier molecular flexibility index (Phi) is 9.11. The van der Waals surface area contributed by atoms with Crippen LogP contribution in [0, 0.1) is 19.3 Å². The molecule has 1 aromatic heterocycles. The van der Waals surface area contributed by atoms with Crippen LogP contribution in [0.4, 0.5) is 0 Å². The van der Waals surface area contributed by atoms with Crippen molar-refractivity contribution < 1.29 is 14.3 Å². The number of nitrogens with two attached hydrogens (primary N) is 1. The minimum absolute atomic E-state index is 0.0176. The van der Waals surface area contributed by atoms with Gasteiger partial charge in [0.05, 0.1) is 29.7 Å². The summed E-state index contributed by atoms with van der Waals surface area (Å²) in [5, 5.41) is 12.5. The number of piperidine rings is 1. The number of carbonyl (C=O) groups excluding carboxylic acids is 1. The van der Waals surface area contributed by atoms with E-state index in [0.29, 0.717) is 40.7 Å². The quantitative estimate of drug-likeness (QED) is 0.417. The van der Waals surface area contributed by atoms with Gasteiger partial charge in [-0.2, -0.15) is 0 Å². The van der Waals surface area contributed by atoms with Gasteiger partial charge < -0.3 is 25.0 Å². The molecular weight excluding hydrogens is 530 g/mol. The van der Waals surface area contributed by atoms with E-state index in [0.717, 1.165) is 35.4 Å². The van der Waals surface area contributed by atoms with Gasteiger partial charge in [-0.25, -0.2) is 4.99 Å². The van der Waals surface area contributed by atoms with E-state index in [9.17, 15) is 4.79 Å². The number of pyridine rings is 1. The van der Waals surface area contributed by atoms with Crippen LogP contribution >= 0.6 is 11.6 Å². The number of aliphatic imine (C=N–C) groups is 1. The van der Waals surface area contributed by atoms with E-state index in [1.54, 1.807) is 36.7 Å². The lowest BCUT2D eigenvalue weighted by molar-refractivity contribution is -0.127. The zero-order chi connectivity index (χ0) is 29.0. The number of likely N-dealkylation sites (tertiary alicyclic amines) is 1. The molecule has 4 N–H and O–H groups in total. The SMILES string of the molecule is C=CC(=O)N1CCC[C@@H](NC2C(=C(N)c3ccc(OCc4ncc(C)c(OC)c4C)c(Cl)c3)C(=N)N=CN2C)C1. The fourth-order valence-corrected chi connectivity index (χ4v) is 5.30. The highest BCUT2D eigenvalue weighted by molar-refractivity contribution is 6.32. The molecule has 0 radical (unpaired) electrons. The number of hydrogen-bond donors (Lipinski definition) is 3. The number of halogens is 1. The van der Waals surface area contributed by atoms with Gasteiger partial charge in [0.1, 0.15) is 24.3 Å². The summed E-state index contributed by atoms with van der Waals surface area (Å²) in [6, 6.07) is 5.31. The summed E-state index contributed by atoms with van der Waals surface area (Å²) in [5.74, 6) is 1.25. The van der Waals surface area contributed by atoms with E-state index in [2.05, 4.69) is 21.9 Å². The number of benzene rings is 1. The van der Waals surface area contributed by atoms with Crippen molar-refractivity contribution >= 4 is 35.4 Å². The number of aromatic nitrogens is 1.